The number of hydrogen-bond acceptors (Lipinski definition) is 11. The minimum Gasteiger partial charge on any atom is -0.466 e. The van der Waals surface area contributed by atoms with Gasteiger partial charge in [0.1, 0.15) is 11.9 Å². The van der Waals surface area contributed by atoms with Crippen molar-refractivity contribution in [3.05, 3.63) is 92.3 Å². The van der Waals surface area contributed by atoms with Crippen LogP contribution in [-0.4, -0.2) is 94.3 Å². The highest BCUT2D eigenvalue weighted by molar-refractivity contribution is 7.46. The second kappa shape index (κ2) is 14.4. The summed E-state index contributed by atoms with van der Waals surface area (Å²) in [7, 11) is -3.62. The largest absolute Gasteiger partial charge is 0.526 e. The Morgan fingerprint density at radius 1 is 1.16 bits per heavy atom. The number of fused-ring (bicyclic) bond motifs is 1. The molecule has 6 rings (SSSR count). The zero-order valence-corrected chi connectivity index (χ0v) is 28.5. The Morgan fingerprint density at radius 3 is 2.61 bits per heavy atom. The Balaban J connectivity index is 1.18. The number of esters is 1. The number of aryl methyl sites for hydroxylation is 1. The molecule has 18 heteroatoms. The first kappa shape index (κ1) is 34.7. The number of phosphoric acid groups is 1. The lowest BCUT2D eigenvalue weighted by Crippen LogP contribution is -2.53. The summed E-state index contributed by atoms with van der Waals surface area (Å²) in [5.74, 6) is -1.70. The predicted molar refractivity (Wildman–Crippen MR) is 178 cm³/mol. The summed E-state index contributed by atoms with van der Waals surface area (Å²) < 4.78 is 34.1. The minimum atomic E-state index is -4.89. The maximum Gasteiger partial charge on any atom is 0.526 e. The van der Waals surface area contributed by atoms with E-state index in [1.54, 1.807) is 40.7 Å². The molecule has 3 N–H and O–H groups in total. The van der Waals surface area contributed by atoms with Gasteiger partial charge >= 0.3 is 25.8 Å². The SMILES string of the molecule is COC(=O)C1=C(CN2CCN3C(=O)N(c4ccc(CCC(=O)OP(=O)(O)O)cc4)C[C@@H]3C2)NC(c2nccs2)=N[C@H]1c1ccc(F)cc1Cl. The molecular formula is C31H31ClFN6O8PS. The summed E-state index contributed by atoms with van der Waals surface area (Å²) in [6, 6.07) is 9.78. The molecule has 0 bridgehead atoms. The van der Waals surface area contributed by atoms with Crippen LogP contribution in [0.15, 0.2) is 70.3 Å². The summed E-state index contributed by atoms with van der Waals surface area (Å²) >= 11 is 7.84. The third-order valence-electron chi connectivity index (χ3n) is 8.33. The van der Waals surface area contributed by atoms with Crippen LogP contribution in [0, 0.1) is 5.82 Å². The van der Waals surface area contributed by atoms with Crippen molar-refractivity contribution in [2.75, 3.05) is 44.7 Å². The maximum absolute atomic E-state index is 14.0. The number of nitrogens with one attached hydrogen (secondary N) is 1. The van der Waals surface area contributed by atoms with E-state index in [4.69, 9.17) is 31.1 Å². The van der Waals surface area contributed by atoms with E-state index in [-0.39, 0.29) is 35.5 Å². The number of phosphoric ester groups is 1. The van der Waals surface area contributed by atoms with E-state index in [1.165, 1.54) is 36.6 Å². The number of anilines is 1. The van der Waals surface area contributed by atoms with Gasteiger partial charge in [-0.15, -0.1) is 11.3 Å². The lowest BCUT2D eigenvalue weighted by atomic mass is 9.95. The molecule has 2 aromatic carbocycles. The van der Waals surface area contributed by atoms with E-state index in [0.29, 0.717) is 60.5 Å². The van der Waals surface area contributed by atoms with Gasteiger partial charge in [-0.2, -0.15) is 0 Å². The number of hydrogen-bond donors (Lipinski definition) is 3. The summed E-state index contributed by atoms with van der Waals surface area (Å²) in [6.45, 7) is 2.18. The third kappa shape index (κ3) is 7.85. The molecule has 0 radical (unpaired) electrons. The van der Waals surface area contributed by atoms with Crippen molar-refractivity contribution in [1.29, 1.82) is 0 Å². The average Bonchev–Trinajstić information content (AvgIpc) is 3.71. The Hall–Kier alpha value is -4.18. The van der Waals surface area contributed by atoms with E-state index in [2.05, 4.69) is 19.7 Å². The summed E-state index contributed by atoms with van der Waals surface area (Å²) in [4.78, 5) is 70.8. The van der Waals surface area contributed by atoms with Crippen LogP contribution in [0.5, 0.6) is 0 Å². The van der Waals surface area contributed by atoms with Crippen molar-refractivity contribution >= 4 is 60.3 Å². The van der Waals surface area contributed by atoms with Crippen LogP contribution < -0.4 is 10.2 Å². The van der Waals surface area contributed by atoms with Crippen LogP contribution >= 0.6 is 30.8 Å². The number of urea groups is 1. The van der Waals surface area contributed by atoms with Gasteiger partial charge in [0.05, 0.1) is 18.7 Å². The third-order valence-corrected chi connectivity index (χ3v) is 9.88. The van der Waals surface area contributed by atoms with Crippen molar-refractivity contribution < 1.29 is 42.4 Å². The van der Waals surface area contributed by atoms with Crippen LogP contribution in [-0.2, 0) is 29.8 Å². The number of halogens is 2. The first-order chi connectivity index (χ1) is 23.4. The summed E-state index contributed by atoms with van der Waals surface area (Å²) in [6.07, 6.45) is 1.64. The molecule has 2 saturated heterocycles. The molecule has 1 aromatic heterocycles. The second-order valence-corrected chi connectivity index (χ2v) is 14.0. The number of aliphatic imine (C=N–C) groups is 1. The number of methoxy groups -OCH3 is 1. The second-order valence-electron chi connectivity index (χ2n) is 11.5. The van der Waals surface area contributed by atoms with Crippen LogP contribution in [0.25, 0.3) is 0 Å². The highest BCUT2D eigenvalue weighted by atomic mass is 35.5. The lowest BCUT2D eigenvalue weighted by molar-refractivity contribution is -0.137. The minimum absolute atomic E-state index is 0.114. The van der Waals surface area contributed by atoms with Gasteiger partial charge in [0.2, 0.25) is 0 Å². The Morgan fingerprint density at radius 2 is 1.94 bits per heavy atom. The Bertz CT molecular complexity index is 1870. The molecule has 258 valence electrons. The molecule has 49 heavy (non-hydrogen) atoms. The van der Waals surface area contributed by atoms with Crippen molar-refractivity contribution in [1.82, 2.24) is 20.1 Å². The molecule has 3 aliphatic rings. The van der Waals surface area contributed by atoms with Crippen molar-refractivity contribution in [2.45, 2.75) is 24.9 Å². The molecule has 2 atom stereocenters. The summed E-state index contributed by atoms with van der Waals surface area (Å²) in [5.41, 5.74) is 2.61. The Kier molecular flexibility index (Phi) is 10.2. The van der Waals surface area contributed by atoms with Gasteiger partial charge in [0.15, 0.2) is 10.8 Å². The number of ether oxygens (including phenoxy) is 1. The molecule has 0 aliphatic carbocycles. The molecule has 2 amide bonds. The number of piperazine rings is 1. The molecule has 0 spiro atoms. The number of thiazole rings is 1. The molecule has 0 unspecified atom stereocenters. The van der Waals surface area contributed by atoms with Crippen LogP contribution in [0.4, 0.5) is 14.9 Å². The van der Waals surface area contributed by atoms with Gasteiger partial charge in [-0.1, -0.05) is 29.8 Å². The topological polar surface area (TPSA) is 174 Å². The first-order valence-corrected chi connectivity index (χ1v) is 17.9. The standard InChI is InChI=1S/C31H31ClFN6O8PS/c1-46-30(41)26-24(35-28(29-34-10-13-49-29)36-27(26)22-8-5-19(33)14-23(22)32)17-37-11-12-38-21(15-37)16-39(31(38)42)20-6-2-18(3-7-20)4-9-25(40)47-48(43,44)45/h2-3,5-8,10,13-14,21,27H,4,9,11-12,15-17H2,1H3,(H,35,36)(H2,43,44,45)/t21-,27-/m0/s1. The fourth-order valence-electron chi connectivity index (χ4n) is 6.09. The monoisotopic (exact) mass is 732 g/mol. The van der Waals surface area contributed by atoms with E-state index in [0.717, 1.165) is 5.56 Å². The number of carbonyl (C=O) groups excluding carboxylic acids is 3. The molecule has 0 saturated carbocycles. The first-order valence-electron chi connectivity index (χ1n) is 15.1. The number of benzene rings is 2. The highest BCUT2D eigenvalue weighted by Crippen LogP contribution is 2.38. The highest BCUT2D eigenvalue weighted by Gasteiger charge is 2.42. The zero-order chi connectivity index (χ0) is 34.9. The summed E-state index contributed by atoms with van der Waals surface area (Å²) in [5, 5.41) is 5.81. The van der Waals surface area contributed by atoms with E-state index in [9.17, 15) is 23.3 Å². The molecule has 14 nitrogen and oxygen atoms in total. The normalized spacial score (nSPS) is 19.8. The van der Waals surface area contributed by atoms with Crippen molar-refractivity contribution in [2.24, 2.45) is 4.99 Å². The number of nitrogens with zero attached hydrogens (tertiary/aromatic N) is 5. The molecular weight excluding hydrogens is 702 g/mol. The van der Waals surface area contributed by atoms with Gasteiger partial charge in [0, 0.05) is 72.7 Å². The van der Waals surface area contributed by atoms with Crippen molar-refractivity contribution in [3.63, 3.8) is 0 Å². The van der Waals surface area contributed by atoms with E-state index >= 15 is 0 Å². The quantitative estimate of drug-likeness (QED) is 0.205. The predicted octanol–water partition coefficient (Wildman–Crippen LogP) is 3.65. The Labute approximate surface area is 289 Å². The number of amidine groups is 1. The number of amides is 2. The maximum atomic E-state index is 14.0. The smallest absolute Gasteiger partial charge is 0.466 e. The van der Waals surface area contributed by atoms with Crippen LogP contribution in [0.3, 0.4) is 0 Å². The fraction of sp³-hybridized carbons (Fsp3) is 0.323. The number of carbonyl (C=O) groups is 3. The lowest BCUT2D eigenvalue weighted by Gasteiger charge is -2.38. The van der Waals surface area contributed by atoms with Gasteiger partial charge in [-0.25, -0.2) is 23.5 Å². The van der Waals surface area contributed by atoms with Gasteiger partial charge in [-0.05, 0) is 36.2 Å². The number of rotatable bonds is 10. The van der Waals surface area contributed by atoms with Crippen LogP contribution in [0.2, 0.25) is 5.02 Å². The molecule has 3 aliphatic heterocycles. The van der Waals surface area contributed by atoms with E-state index in [1.807, 2.05) is 4.90 Å². The van der Waals surface area contributed by atoms with E-state index < -0.39 is 31.6 Å². The number of aromatic nitrogens is 1. The fourth-order valence-corrected chi connectivity index (χ4v) is 7.30. The molecule has 2 fully saturated rings. The van der Waals surface area contributed by atoms with Crippen molar-refractivity contribution in [3.8, 4) is 0 Å². The van der Waals surface area contributed by atoms with Gasteiger partial charge in [-0.3, -0.25) is 29.4 Å². The molecule has 3 aromatic rings. The zero-order valence-electron chi connectivity index (χ0n) is 26.0. The van der Waals surface area contributed by atoms with Gasteiger partial charge in [0.25, 0.3) is 0 Å². The molecule has 4 heterocycles. The van der Waals surface area contributed by atoms with Crippen LogP contribution in [0.1, 0.15) is 28.6 Å². The van der Waals surface area contributed by atoms with Gasteiger partial charge < -0.3 is 19.5 Å². The average molecular weight is 733 g/mol.